The molecule has 46 heavy (non-hydrogen) atoms. The quantitative estimate of drug-likeness (QED) is 0.193. The number of sulfonamides is 1. The Morgan fingerprint density at radius 1 is 1.15 bits per heavy atom. The second kappa shape index (κ2) is 15.2. The van der Waals surface area contributed by atoms with Gasteiger partial charge in [0.05, 0.1) is 23.7 Å². The number of hydrogen-bond donors (Lipinski definition) is 2. The van der Waals surface area contributed by atoms with Crippen molar-refractivity contribution in [2.75, 3.05) is 36.3 Å². The fraction of sp³-hybridized carbons (Fsp3) is 0.531. The Morgan fingerprint density at radius 3 is 2.57 bits per heavy atom. The van der Waals surface area contributed by atoms with Crippen LogP contribution in [0.1, 0.15) is 69.1 Å². The largest absolute Gasteiger partial charge is 0.490 e. The number of amidine groups is 2. The first-order chi connectivity index (χ1) is 21.8. The third-order valence-corrected chi connectivity index (χ3v) is 9.82. The molecule has 1 unspecified atom stereocenters. The predicted molar refractivity (Wildman–Crippen MR) is 171 cm³/mol. The van der Waals surface area contributed by atoms with E-state index in [0.717, 1.165) is 54.5 Å². The summed E-state index contributed by atoms with van der Waals surface area (Å²) in [5.74, 6) is -1.58. The number of nitrogens with two attached hydrogens (primary N) is 1. The molecule has 2 aliphatic rings. The lowest BCUT2D eigenvalue weighted by Crippen LogP contribution is -2.43. The average Bonchev–Trinajstić information content (AvgIpc) is 3.27. The first-order valence-electron chi connectivity index (χ1n) is 15.6. The minimum atomic E-state index is -4.85. The third-order valence-electron chi connectivity index (χ3n) is 8.05. The molecule has 0 bridgehead atoms. The molecule has 252 valence electrons. The maximum absolute atomic E-state index is 14.5. The minimum absolute atomic E-state index is 0.0565. The molecule has 1 fully saturated rings. The predicted octanol–water partition coefficient (Wildman–Crippen LogP) is 5.14. The van der Waals surface area contributed by atoms with Crippen LogP contribution in [0.4, 0.5) is 18.9 Å². The van der Waals surface area contributed by atoms with Crippen LogP contribution in [0.5, 0.6) is 5.75 Å². The molecular formula is C32H42F3N5O5S. The standard InChI is InChI=1S/C32H42F3N5O5S/c1-3-44-30(41)21-46(42,43)40(22(2)18-23-8-7-9-24(19-23)31(36)37)25-11-12-28(27(20-25)32(33,34)35)45-26-13-16-39(17-14-26)29-10-5-4-6-15-38-29/h7-9,11-12,19-20,22,26H,3-6,10,13-18,21H2,1-2H3,(H3,36,37). The topological polar surface area (TPSA) is 138 Å². The molecular weight excluding hydrogens is 623 g/mol. The highest BCUT2D eigenvalue weighted by molar-refractivity contribution is 7.93. The van der Waals surface area contributed by atoms with Gasteiger partial charge in [0.2, 0.25) is 10.0 Å². The van der Waals surface area contributed by atoms with Crippen LogP contribution in [0.3, 0.4) is 0 Å². The summed E-state index contributed by atoms with van der Waals surface area (Å²) >= 11 is 0. The molecule has 10 nitrogen and oxygen atoms in total. The number of hydrogen-bond acceptors (Lipinski definition) is 8. The van der Waals surface area contributed by atoms with Crippen molar-refractivity contribution in [3.8, 4) is 5.75 Å². The summed E-state index contributed by atoms with van der Waals surface area (Å²) < 4.78 is 82.3. The Morgan fingerprint density at radius 2 is 1.89 bits per heavy atom. The smallest absolute Gasteiger partial charge is 0.420 e. The van der Waals surface area contributed by atoms with Crippen LogP contribution in [-0.4, -0.2) is 75.1 Å². The maximum Gasteiger partial charge on any atom is 0.420 e. The molecule has 0 radical (unpaired) electrons. The van der Waals surface area contributed by atoms with E-state index >= 15 is 0 Å². The van der Waals surface area contributed by atoms with Crippen molar-refractivity contribution in [1.29, 1.82) is 5.41 Å². The zero-order chi connectivity index (χ0) is 33.5. The summed E-state index contributed by atoms with van der Waals surface area (Å²) in [7, 11) is -4.50. The van der Waals surface area contributed by atoms with Gasteiger partial charge in [0.25, 0.3) is 0 Å². The van der Waals surface area contributed by atoms with Crippen molar-refractivity contribution < 1.29 is 35.9 Å². The van der Waals surface area contributed by atoms with Crippen molar-refractivity contribution in [3.63, 3.8) is 0 Å². The molecule has 2 aliphatic heterocycles. The highest BCUT2D eigenvalue weighted by atomic mass is 32.2. The van der Waals surface area contributed by atoms with Gasteiger partial charge >= 0.3 is 12.1 Å². The van der Waals surface area contributed by atoms with Crippen molar-refractivity contribution in [3.05, 3.63) is 59.2 Å². The van der Waals surface area contributed by atoms with E-state index in [9.17, 15) is 26.4 Å². The van der Waals surface area contributed by atoms with E-state index in [-0.39, 0.29) is 30.3 Å². The number of nitrogens with one attached hydrogen (secondary N) is 1. The van der Waals surface area contributed by atoms with Crippen LogP contribution in [-0.2, 0) is 32.2 Å². The number of carbonyl (C=O) groups excluding carboxylic acids is 1. The van der Waals surface area contributed by atoms with E-state index < -0.39 is 45.6 Å². The van der Waals surface area contributed by atoms with Gasteiger partial charge in [0, 0.05) is 50.5 Å². The molecule has 4 rings (SSSR count). The molecule has 1 saturated heterocycles. The molecule has 0 saturated carbocycles. The number of aliphatic imine (C=N–C) groups is 1. The lowest BCUT2D eigenvalue weighted by molar-refractivity contribution is -0.140. The van der Waals surface area contributed by atoms with Gasteiger partial charge in [-0.3, -0.25) is 19.5 Å². The van der Waals surface area contributed by atoms with Gasteiger partial charge in [-0.15, -0.1) is 0 Å². The number of benzene rings is 2. The second-order valence-electron chi connectivity index (χ2n) is 11.6. The van der Waals surface area contributed by atoms with E-state index in [1.54, 1.807) is 24.3 Å². The van der Waals surface area contributed by atoms with Gasteiger partial charge in [-0.05, 0) is 62.9 Å². The van der Waals surface area contributed by atoms with Crippen molar-refractivity contribution in [1.82, 2.24) is 4.90 Å². The van der Waals surface area contributed by atoms with Crippen molar-refractivity contribution in [2.45, 2.75) is 77.1 Å². The molecule has 2 aromatic carbocycles. The van der Waals surface area contributed by atoms with E-state index in [1.807, 2.05) is 0 Å². The zero-order valence-electron chi connectivity index (χ0n) is 26.2. The first-order valence-corrected chi connectivity index (χ1v) is 17.2. The number of nitrogens with zero attached hydrogens (tertiary/aromatic N) is 3. The number of carbonyl (C=O) groups is 1. The lowest BCUT2D eigenvalue weighted by Gasteiger charge is -2.35. The number of nitrogen functional groups attached to an aromatic ring is 1. The summed E-state index contributed by atoms with van der Waals surface area (Å²) in [6.07, 6.45) is -0.0195. The van der Waals surface area contributed by atoms with E-state index in [4.69, 9.17) is 20.6 Å². The second-order valence-corrected chi connectivity index (χ2v) is 13.5. The summed E-state index contributed by atoms with van der Waals surface area (Å²) in [5, 5.41) is 7.70. The number of ether oxygens (including phenoxy) is 2. The molecule has 1 atom stereocenters. The SMILES string of the molecule is CCOC(=O)CS(=O)(=O)N(c1ccc(OC2CCN(C3=NCCCCC3)CC2)c(C(F)(F)F)c1)C(C)Cc1cccc(C(=N)N)c1. The Bertz CT molecular complexity index is 1520. The van der Waals surface area contributed by atoms with Gasteiger partial charge in [0.15, 0.2) is 5.75 Å². The Kier molecular flexibility index (Phi) is 11.6. The van der Waals surface area contributed by atoms with Crippen LogP contribution in [0.2, 0.25) is 0 Å². The first kappa shape index (κ1) is 35.1. The number of anilines is 1. The van der Waals surface area contributed by atoms with Gasteiger partial charge < -0.3 is 20.1 Å². The van der Waals surface area contributed by atoms with E-state index in [0.29, 0.717) is 37.1 Å². The minimum Gasteiger partial charge on any atom is -0.490 e. The number of rotatable bonds is 11. The highest BCUT2D eigenvalue weighted by Crippen LogP contribution is 2.40. The molecule has 0 spiro atoms. The van der Waals surface area contributed by atoms with Gasteiger partial charge in [-0.2, -0.15) is 13.2 Å². The van der Waals surface area contributed by atoms with Gasteiger partial charge in [0.1, 0.15) is 17.7 Å². The number of likely N-dealkylation sites (tertiary alicyclic amines) is 1. The monoisotopic (exact) mass is 665 g/mol. The van der Waals surface area contributed by atoms with Crippen molar-refractivity contribution >= 4 is 33.4 Å². The molecule has 0 amide bonds. The Labute approximate surface area is 268 Å². The van der Waals surface area contributed by atoms with Crippen LogP contribution in [0, 0.1) is 5.41 Å². The third kappa shape index (κ3) is 9.14. The molecule has 0 aromatic heterocycles. The molecule has 3 N–H and O–H groups in total. The molecule has 2 aromatic rings. The van der Waals surface area contributed by atoms with Crippen LogP contribution < -0.4 is 14.8 Å². The molecule has 0 aliphatic carbocycles. The van der Waals surface area contributed by atoms with Crippen LogP contribution in [0.15, 0.2) is 47.5 Å². The van der Waals surface area contributed by atoms with Crippen LogP contribution >= 0.6 is 0 Å². The fourth-order valence-corrected chi connectivity index (χ4v) is 7.49. The van der Waals surface area contributed by atoms with E-state index in [2.05, 4.69) is 9.89 Å². The molecule has 14 heteroatoms. The Balaban J connectivity index is 1.62. The summed E-state index contributed by atoms with van der Waals surface area (Å²) in [6, 6.07) is 8.84. The summed E-state index contributed by atoms with van der Waals surface area (Å²) in [5.41, 5.74) is 5.25. The number of halogens is 3. The van der Waals surface area contributed by atoms with Gasteiger partial charge in [-0.25, -0.2) is 8.42 Å². The Hall–Kier alpha value is -3.81. The van der Waals surface area contributed by atoms with Crippen molar-refractivity contribution in [2.24, 2.45) is 10.7 Å². The zero-order valence-corrected chi connectivity index (χ0v) is 27.0. The summed E-state index contributed by atoms with van der Waals surface area (Å²) in [6.45, 7) is 5.06. The average molecular weight is 666 g/mol. The molecule has 2 heterocycles. The highest BCUT2D eigenvalue weighted by Gasteiger charge is 2.38. The van der Waals surface area contributed by atoms with E-state index in [1.165, 1.54) is 19.9 Å². The van der Waals surface area contributed by atoms with Crippen LogP contribution in [0.25, 0.3) is 0 Å². The van der Waals surface area contributed by atoms with Gasteiger partial charge in [-0.1, -0.05) is 24.6 Å². The number of alkyl halides is 3. The normalized spacial score (nSPS) is 17.1. The maximum atomic E-state index is 14.5. The lowest BCUT2D eigenvalue weighted by atomic mass is 10.0. The number of piperidine rings is 1. The number of esters is 1. The summed E-state index contributed by atoms with van der Waals surface area (Å²) in [4.78, 5) is 19.1. The fourth-order valence-electron chi connectivity index (χ4n) is 5.91.